The van der Waals surface area contributed by atoms with E-state index in [0.29, 0.717) is 17.6 Å². The van der Waals surface area contributed by atoms with Crippen molar-refractivity contribution in [1.29, 1.82) is 0 Å². The molecule has 0 heterocycles. The van der Waals surface area contributed by atoms with Crippen LogP contribution < -0.4 is 10.5 Å². The van der Waals surface area contributed by atoms with E-state index in [0.717, 1.165) is 5.56 Å². The van der Waals surface area contributed by atoms with Crippen molar-refractivity contribution in [3.05, 3.63) is 28.2 Å². The number of halogens is 1. The number of nitrogens with two attached hydrogens (primary N) is 1. The van der Waals surface area contributed by atoms with E-state index in [1.54, 1.807) is 18.2 Å². The molecule has 1 aromatic rings. The van der Waals surface area contributed by atoms with Gasteiger partial charge in [-0.05, 0) is 33.6 Å². The molecule has 0 unspecified atom stereocenters. The smallest absolute Gasteiger partial charge is 0.241 e. The summed E-state index contributed by atoms with van der Waals surface area (Å²) in [6.07, 6.45) is 0. The van der Waals surface area contributed by atoms with Crippen LogP contribution >= 0.6 is 15.9 Å². The van der Waals surface area contributed by atoms with Gasteiger partial charge in [0.05, 0.1) is 11.5 Å². The van der Waals surface area contributed by atoms with Crippen molar-refractivity contribution in [2.75, 3.05) is 20.3 Å². The van der Waals surface area contributed by atoms with Crippen LogP contribution in [-0.2, 0) is 21.3 Å². The van der Waals surface area contributed by atoms with E-state index in [-0.39, 0.29) is 11.4 Å². The molecule has 0 fully saturated rings. The molecule has 0 saturated carbocycles. The summed E-state index contributed by atoms with van der Waals surface area (Å²) < 4.78 is 31.7. The second-order valence-corrected chi connectivity index (χ2v) is 5.95. The van der Waals surface area contributed by atoms with E-state index in [2.05, 4.69) is 20.7 Å². The van der Waals surface area contributed by atoms with Gasteiger partial charge in [-0.1, -0.05) is 6.07 Å². The van der Waals surface area contributed by atoms with Crippen molar-refractivity contribution in [2.45, 2.75) is 11.4 Å². The topological polar surface area (TPSA) is 81.4 Å². The minimum atomic E-state index is -3.53. The van der Waals surface area contributed by atoms with E-state index >= 15 is 0 Å². The van der Waals surface area contributed by atoms with Gasteiger partial charge in [0.2, 0.25) is 10.0 Å². The molecule has 0 aromatic heterocycles. The standard InChI is InChI=1S/C10H15BrN2O3S/c1-16-5-4-13-17(14,15)10-6-8(7-12)2-3-9(10)11/h2-3,6,13H,4-5,7,12H2,1H3. The molecular formula is C10H15BrN2O3S. The lowest BCUT2D eigenvalue weighted by Crippen LogP contribution is -2.27. The summed E-state index contributed by atoms with van der Waals surface area (Å²) in [5.74, 6) is 0. The number of ether oxygens (including phenoxy) is 1. The van der Waals surface area contributed by atoms with Crippen LogP contribution in [0.1, 0.15) is 5.56 Å². The van der Waals surface area contributed by atoms with Crippen molar-refractivity contribution in [2.24, 2.45) is 5.73 Å². The molecule has 0 radical (unpaired) electrons. The van der Waals surface area contributed by atoms with Crippen LogP contribution in [0.3, 0.4) is 0 Å². The fourth-order valence-electron chi connectivity index (χ4n) is 1.24. The van der Waals surface area contributed by atoms with Gasteiger partial charge in [-0.3, -0.25) is 0 Å². The van der Waals surface area contributed by atoms with Crippen molar-refractivity contribution in [1.82, 2.24) is 4.72 Å². The maximum absolute atomic E-state index is 12.0. The highest BCUT2D eigenvalue weighted by Crippen LogP contribution is 2.22. The number of hydrogen-bond donors (Lipinski definition) is 2. The maximum atomic E-state index is 12.0. The first-order valence-corrected chi connectivity index (χ1v) is 7.26. The van der Waals surface area contributed by atoms with Crippen molar-refractivity contribution < 1.29 is 13.2 Å². The van der Waals surface area contributed by atoms with Gasteiger partial charge in [0.1, 0.15) is 0 Å². The largest absolute Gasteiger partial charge is 0.383 e. The molecule has 0 spiro atoms. The second-order valence-electron chi connectivity index (χ2n) is 3.36. The molecule has 0 saturated heterocycles. The zero-order chi connectivity index (χ0) is 12.9. The fraction of sp³-hybridized carbons (Fsp3) is 0.400. The van der Waals surface area contributed by atoms with Gasteiger partial charge >= 0.3 is 0 Å². The van der Waals surface area contributed by atoms with Crippen molar-refractivity contribution >= 4 is 26.0 Å². The van der Waals surface area contributed by atoms with Gasteiger partial charge in [-0.25, -0.2) is 13.1 Å². The Labute approximate surface area is 110 Å². The Bertz CT molecular complexity index is 476. The van der Waals surface area contributed by atoms with Gasteiger partial charge in [-0.15, -0.1) is 0 Å². The normalized spacial score (nSPS) is 11.7. The van der Waals surface area contributed by atoms with Gasteiger partial charge in [0.15, 0.2) is 0 Å². The van der Waals surface area contributed by atoms with E-state index in [4.69, 9.17) is 10.5 Å². The average Bonchev–Trinajstić information content (AvgIpc) is 2.29. The number of hydrogen-bond acceptors (Lipinski definition) is 4. The number of benzene rings is 1. The van der Waals surface area contributed by atoms with Crippen LogP contribution in [0.4, 0.5) is 0 Å². The molecule has 0 aliphatic carbocycles. The SMILES string of the molecule is COCCNS(=O)(=O)c1cc(CN)ccc1Br. The first kappa shape index (κ1) is 14.6. The Balaban J connectivity index is 2.97. The number of methoxy groups -OCH3 is 1. The van der Waals surface area contributed by atoms with Crippen LogP contribution in [0.5, 0.6) is 0 Å². The predicted octanol–water partition coefficient (Wildman–Crippen LogP) is 0.833. The molecule has 0 atom stereocenters. The quantitative estimate of drug-likeness (QED) is 0.760. The summed E-state index contributed by atoms with van der Waals surface area (Å²) in [4.78, 5) is 0.191. The van der Waals surface area contributed by atoms with Crippen molar-refractivity contribution in [3.8, 4) is 0 Å². The average molecular weight is 323 g/mol. The third-order valence-corrected chi connectivity index (χ3v) is 4.57. The Morgan fingerprint density at radius 3 is 2.76 bits per heavy atom. The number of nitrogens with one attached hydrogen (secondary N) is 1. The lowest BCUT2D eigenvalue weighted by atomic mass is 10.2. The van der Waals surface area contributed by atoms with Crippen LogP contribution in [0, 0.1) is 0 Å². The lowest BCUT2D eigenvalue weighted by Gasteiger charge is -2.09. The maximum Gasteiger partial charge on any atom is 0.241 e. The molecule has 0 bridgehead atoms. The summed E-state index contributed by atoms with van der Waals surface area (Å²) in [6.45, 7) is 0.861. The summed E-state index contributed by atoms with van der Waals surface area (Å²) in [5.41, 5.74) is 6.25. The molecule has 5 nitrogen and oxygen atoms in total. The first-order chi connectivity index (χ1) is 8.01. The monoisotopic (exact) mass is 322 g/mol. The van der Waals surface area contributed by atoms with E-state index in [9.17, 15) is 8.42 Å². The Hall–Kier alpha value is -0.470. The zero-order valence-corrected chi connectivity index (χ0v) is 11.8. The molecular weight excluding hydrogens is 308 g/mol. The van der Waals surface area contributed by atoms with Crippen LogP contribution in [-0.4, -0.2) is 28.7 Å². The summed E-state index contributed by atoms with van der Waals surface area (Å²) >= 11 is 3.21. The molecule has 7 heteroatoms. The van der Waals surface area contributed by atoms with Gasteiger partial charge < -0.3 is 10.5 Å². The molecule has 3 N–H and O–H groups in total. The molecule has 1 aromatic carbocycles. The Morgan fingerprint density at radius 1 is 1.47 bits per heavy atom. The first-order valence-electron chi connectivity index (χ1n) is 4.98. The van der Waals surface area contributed by atoms with Crippen LogP contribution in [0.2, 0.25) is 0 Å². The molecule has 1 rings (SSSR count). The minimum absolute atomic E-state index is 0.191. The summed E-state index contributed by atoms with van der Waals surface area (Å²) in [7, 11) is -2.02. The summed E-state index contributed by atoms with van der Waals surface area (Å²) in [6, 6.07) is 5.00. The fourth-order valence-corrected chi connectivity index (χ4v) is 3.26. The molecule has 0 amide bonds. The predicted molar refractivity (Wildman–Crippen MR) is 69.1 cm³/mol. The number of rotatable bonds is 6. The Morgan fingerprint density at radius 2 is 2.18 bits per heavy atom. The highest BCUT2D eigenvalue weighted by molar-refractivity contribution is 9.10. The van der Waals surface area contributed by atoms with E-state index < -0.39 is 10.0 Å². The highest BCUT2D eigenvalue weighted by atomic mass is 79.9. The third-order valence-electron chi connectivity index (χ3n) is 2.12. The molecule has 0 aliphatic heterocycles. The Kier molecular flexibility index (Phi) is 5.54. The summed E-state index contributed by atoms with van der Waals surface area (Å²) in [5, 5.41) is 0. The highest BCUT2D eigenvalue weighted by Gasteiger charge is 2.17. The third kappa shape index (κ3) is 4.04. The van der Waals surface area contributed by atoms with Gasteiger partial charge in [0, 0.05) is 24.7 Å². The van der Waals surface area contributed by atoms with Crippen LogP contribution in [0.25, 0.3) is 0 Å². The van der Waals surface area contributed by atoms with Gasteiger partial charge in [-0.2, -0.15) is 0 Å². The minimum Gasteiger partial charge on any atom is -0.383 e. The zero-order valence-electron chi connectivity index (χ0n) is 9.44. The van der Waals surface area contributed by atoms with Gasteiger partial charge in [0.25, 0.3) is 0 Å². The number of sulfonamides is 1. The molecule has 96 valence electrons. The molecule has 17 heavy (non-hydrogen) atoms. The lowest BCUT2D eigenvalue weighted by molar-refractivity contribution is 0.204. The second kappa shape index (κ2) is 6.46. The van der Waals surface area contributed by atoms with E-state index in [1.807, 2.05) is 0 Å². The molecule has 0 aliphatic rings. The van der Waals surface area contributed by atoms with Crippen molar-refractivity contribution in [3.63, 3.8) is 0 Å². The van der Waals surface area contributed by atoms with E-state index in [1.165, 1.54) is 7.11 Å². The van der Waals surface area contributed by atoms with Crippen LogP contribution in [0.15, 0.2) is 27.6 Å².